The van der Waals surface area contributed by atoms with Crippen molar-refractivity contribution in [1.29, 1.82) is 0 Å². The van der Waals surface area contributed by atoms with Crippen LogP contribution in [0.5, 0.6) is 0 Å². The first-order chi connectivity index (χ1) is 15.1. The molecule has 0 aromatic carbocycles. The van der Waals surface area contributed by atoms with Crippen molar-refractivity contribution >= 4 is 23.5 Å². The number of hydroxylamine groups is 1. The van der Waals surface area contributed by atoms with Crippen molar-refractivity contribution in [1.82, 2.24) is 5.48 Å². The Kier molecular flexibility index (Phi) is 8.56. The van der Waals surface area contributed by atoms with Gasteiger partial charge in [0.1, 0.15) is 0 Å². The van der Waals surface area contributed by atoms with Gasteiger partial charge in [-0.1, -0.05) is 24.3 Å². The highest BCUT2D eigenvalue weighted by atomic mass is 16.8. The monoisotopic (exact) mass is 446 g/mol. The van der Waals surface area contributed by atoms with Crippen molar-refractivity contribution in [3.63, 3.8) is 0 Å². The minimum Gasteiger partial charge on any atom is -0.462 e. The second-order valence-corrected chi connectivity index (χ2v) is 7.31. The number of hydrogen-bond donors (Lipinski definition) is 2. The number of hydrogen-bond acceptors (Lipinski definition) is 8. The first kappa shape index (κ1) is 25.1. The molecule has 0 fully saturated rings. The highest BCUT2D eigenvalue weighted by Gasteiger charge is 2.30. The molecule has 2 aliphatic carbocycles. The van der Waals surface area contributed by atoms with Gasteiger partial charge in [0.25, 0.3) is 0 Å². The van der Waals surface area contributed by atoms with Gasteiger partial charge in [-0.3, -0.25) is 4.79 Å². The van der Waals surface area contributed by atoms with Crippen LogP contribution < -0.4 is 11.2 Å². The predicted octanol–water partition coefficient (Wildman–Crippen LogP) is 3.09. The Hall–Kier alpha value is -3.17. The molecule has 0 saturated carbocycles. The summed E-state index contributed by atoms with van der Waals surface area (Å²) in [6.45, 7) is 9.29. The van der Waals surface area contributed by atoms with E-state index in [1.165, 1.54) is 0 Å². The maximum atomic E-state index is 12.5. The van der Waals surface area contributed by atoms with E-state index in [2.05, 4.69) is 5.48 Å². The van der Waals surface area contributed by atoms with Crippen molar-refractivity contribution in [2.24, 2.45) is 0 Å². The van der Waals surface area contributed by atoms with Gasteiger partial charge in [0, 0.05) is 6.61 Å². The maximum absolute atomic E-state index is 12.5. The van der Waals surface area contributed by atoms with Crippen LogP contribution in [-0.2, 0) is 30.3 Å². The summed E-state index contributed by atoms with van der Waals surface area (Å²) < 4.78 is 15.6. The minimum absolute atomic E-state index is 0.00155. The Morgan fingerprint density at radius 3 is 1.81 bits per heavy atom. The molecule has 0 heterocycles. The molecule has 2 aliphatic rings. The highest BCUT2D eigenvalue weighted by molar-refractivity contribution is 6.15. The normalized spacial score (nSPS) is 11.3. The molecule has 0 radical (unpaired) electrons. The average molecular weight is 447 g/mol. The van der Waals surface area contributed by atoms with Crippen LogP contribution in [0.2, 0.25) is 0 Å². The van der Waals surface area contributed by atoms with Crippen LogP contribution >= 0.6 is 0 Å². The molecule has 0 saturated heterocycles. The van der Waals surface area contributed by atoms with Gasteiger partial charge in [-0.25, -0.2) is 19.9 Å². The lowest BCUT2D eigenvalue weighted by atomic mass is 10.1. The number of nitrogen functional groups attached to an aromatic ring is 1. The molecule has 9 heteroatoms. The zero-order valence-electron chi connectivity index (χ0n) is 19.1. The highest BCUT2D eigenvalue weighted by Crippen LogP contribution is 2.39. The van der Waals surface area contributed by atoms with Crippen molar-refractivity contribution < 1.29 is 33.4 Å². The van der Waals surface area contributed by atoms with Crippen molar-refractivity contribution in [2.45, 2.75) is 46.8 Å². The molecule has 0 bridgehead atoms. The predicted molar refractivity (Wildman–Crippen MR) is 118 cm³/mol. The SMILES string of the molecule is CCOC(=O)c1c2ccc(CC(=O)NOC(C)(C)OCC)ccc-2c(C(=O)OCC)c1N. The number of nitrogens with one attached hydrogen (secondary N) is 1. The molecular weight excluding hydrogens is 416 g/mol. The molecule has 0 unspecified atom stereocenters. The Morgan fingerprint density at radius 2 is 1.38 bits per heavy atom. The van der Waals surface area contributed by atoms with Crippen LogP contribution in [0.3, 0.4) is 0 Å². The van der Waals surface area contributed by atoms with Gasteiger partial charge >= 0.3 is 11.9 Å². The first-order valence-corrected chi connectivity index (χ1v) is 10.4. The largest absolute Gasteiger partial charge is 0.462 e. The van der Waals surface area contributed by atoms with Crippen LogP contribution in [0.4, 0.5) is 5.69 Å². The van der Waals surface area contributed by atoms with E-state index in [0.717, 1.165) is 0 Å². The molecule has 32 heavy (non-hydrogen) atoms. The number of nitrogens with two attached hydrogens (primary N) is 1. The Labute approximate surface area is 187 Å². The summed E-state index contributed by atoms with van der Waals surface area (Å²) in [6.07, 6.45) is -0.00155. The summed E-state index contributed by atoms with van der Waals surface area (Å²) in [4.78, 5) is 42.7. The first-order valence-electron chi connectivity index (χ1n) is 10.4. The molecular formula is C23H30N2O7. The van der Waals surface area contributed by atoms with E-state index in [4.69, 9.17) is 24.8 Å². The lowest BCUT2D eigenvalue weighted by Crippen LogP contribution is -2.38. The molecule has 174 valence electrons. The van der Waals surface area contributed by atoms with Crippen LogP contribution in [0.1, 0.15) is 60.9 Å². The van der Waals surface area contributed by atoms with E-state index in [1.807, 2.05) is 6.92 Å². The summed E-state index contributed by atoms with van der Waals surface area (Å²) in [5.74, 6) is -2.63. The van der Waals surface area contributed by atoms with E-state index >= 15 is 0 Å². The van der Waals surface area contributed by atoms with E-state index in [0.29, 0.717) is 23.3 Å². The number of rotatable bonds is 10. The molecule has 2 rings (SSSR count). The quantitative estimate of drug-likeness (QED) is 0.324. The van der Waals surface area contributed by atoms with Crippen LogP contribution in [0.25, 0.3) is 11.1 Å². The lowest BCUT2D eigenvalue weighted by molar-refractivity contribution is -0.241. The van der Waals surface area contributed by atoms with E-state index < -0.39 is 17.7 Å². The Balaban J connectivity index is 2.38. The Morgan fingerprint density at radius 1 is 0.875 bits per heavy atom. The molecule has 0 aromatic rings. The number of ether oxygens (including phenoxy) is 3. The summed E-state index contributed by atoms with van der Waals surface area (Å²) >= 11 is 0. The standard InChI is InChI=1S/C23H30N2O7/c1-6-29-21(27)18-15-11-9-14(13-17(26)25-32-23(4,5)31-8-3)10-12-16(15)19(20(18)24)22(28)30-7-2/h9-12H,6-8,13,24H2,1-5H3,(H,25,26). The zero-order valence-corrected chi connectivity index (χ0v) is 19.1. The number of esters is 2. The second kappa shape index (κ2) is 10.9. The molecule has 3 N–H and O–H groups in total. The number of anilines is 1. The number of carbonyl (C=O) groups excluding carboxylic acids is 3. The topological polar surface area (TPSA) is 126 Å². The van der Waals surface area contributed by atoms with Crippen LogP contribution in [-0.4, -0.2) is 43.5 Å². The molecule has 0 aromatic heterocycles. The lowest BCUT2D eigenvalue weighted by Gasteiger charge is -2.24. The fraction of sp³-hybridized carbons (Fsp3) is 0.435. The van der Waals surface area contributed by atoms with E-state index in [9.17, 15) is 14.4 Å². The summed E-state index contributed by atoms with van der Waals surface area (Å²) in [5.41, 5.74) is 10.2. The Bertz CT molecular complexity index is 900. The van der Waals surface area contributed by atoms with Gasteiger partial charge in [0.2, 0.25) is 5.91 Å². The van der Waals surface area contributed by atoms with Crippen molar-refractivity contribution in [3.8, 4) is 11.1 Å². The maximum Gasteiger partial charge on any atom is 0.340 e. The smallest absolute Gasteiger partial charge is 0.340 e. The second-order valence-electron chi connectivity index (χ2n) is 7.31. The van der Waals surface area contributed by atoms with Gasteiger partial charge in [-0.15, -0.1) is 0 Å². The molecule has 0 aliphatic heterocycles. The van der Waals surface area contributed by atoms with Gasteiger partial charge in [-0.2, -0.15) is 0 Å². The summed E-state index contributed by atoms with van der Waals surface area (Å²) in [5, 5.41) is 0. The average Bonchev–Trinajstić information content (AvgIpc) is 2.85. The summed E-state index contributed by atoms with van der Waals surface area (Å²) in [6, 6.07) is 6.61. The zero-order chi connectivity index (χ0) is 23.9. The summed E-state index contributed by atoms with van der Waals surface area (Å²) in [7, 11) is 0. The third kappa shape index (κ3) is 5.95. The minimum atomic E-state index is -0.965. The molecule has 9 nitrogen and oxygen atoms in total. The number of fused-ring (bicyclic) bond motifs is 1. The molecule has 0 spiro atoms. The van der Waals surface area contributed by atoms with E-state index in [-0.39, 0.29) is 42.4 Å². The van der Waals surface area contributed by atoms with Crippen LogP contribution in [0, 0.1) is 0 Å². The van der Waals surface area contributed by atoms with Gasteiger partial charge in [-0.05, 0) is 51.3 Å². The third-order valence-electron chi connectivity index (χ3n) is 4.52. The van der Waals surface area contributed by atoms with Gasteiger partial charge in [0.05, 0.1) is 36.4 Å². The van der Waals surface area contributed by atoms with Gasteiger partial charge in [0.15, 0.2) is 5.79 Å². The molecule has 0 atom stereocenters. The number of carbonyl (C=O) groups is 3. The van der Waals surface area contributed by atoms with Crippen molar-refractivity contribution in [2.75, 3.05) is 25.6 Å². The number of amides is 1. The molecule has 1 amide bonds. The fourth-order valence-corrected chi connectivity index (χ4v) is 3.21. The van der Waals surface area contributed by atoms with Crippen LogP contribution in [0.15, 0.2) is 24.3 Å². The van der Waals surface area contributed by atoms with Gasteiger partial charge < -0.3 is 19.9 Å². The van der Waals surface area contributed by atoms with E-state index in [1.54, 1.807) is 52.0 Å². The fourth-order valence-electron chi connectivity index (χ4n) is 3.21. The third-order valence-corrected chi connectivity index (χ3v) is 4.52. The van der Waals surface area contributed by atoms with Crippen molar-refractivity contribution in [3.05, 3.63) is 41.0 Å².